The minimum atomic E-state index is -0.763. The molecule has 0 amide bonds. The highest BCUT2D eigenvalue weighted by Crippen LogP contribution is 2.18. The van der Waals surface area contributed by atoms with Gasteiger partial charge in [-0.25, -0.2) is 0 Å². The lowest BCUT2D eigenvalue weighted by molar-refractivity contribution is -0.167. The lowest BCUT2D eigenvalue weighted by atomic mass is 10.0. The van der Waals surface area contributed by atoms with E-state index in [-0.39, 0.29) is 31.1 Å². The molecule has 0 aliphatic heterocycles. The zero-order valence-corrected chi connectivity index (χ0v) is 45.3. The summed E-state index contributed by atoms with van der Waals surface area (Å²) in [5.74, 6) is 0.840. The molecule has 0 aromatic carbocycles. The van der Waals surface area contributed by atoms with E-state index in [0.29, 0.717) is 19.3 Å². The average molecular weight is 934 g/mol. The molecule has 6 nitrogen and oxygen atoms in total. The van der Waals surface area contributed by atoms with Crippen LogP contribution in [0.2, 0.25) is 0 Å². The Labute approximate surface area is 412 Å². The quantitative estimate of drug-likeness (QED) is 0.0343. The van der Waals surface area contributed by atoms with Gasteiger partial charge < -0.3 is 14.2 Å². The van der Waals surface area contributed by atoms with Crippen molar-refractivity contribution in [1.82, 2.24) is 0 Å². The maximum absolute atomic E-state index is 12.9. The SMILES string of the molecule is CCCCCCCCCCCCCCCCCCC(=O)OC[C@@H](COC(=O)CCCCCCCCCCCCCCCCC(C)C)OC(=O)CCCCCCCCCCCCCCC(C)C. The molecule has 0 rings (SSSR count). The maximum atomic E-state index is 12.9. The van der Waals surface area contributed by atoms with Crippen LogP contribution in [0.25, 0.3) is 0 Å². The summed E-state index contributed by atoms with van der Waals surface area (Å²) in [5.41, 5.74) is 0. The van der Waals surface area contributed by atoms with Gasteiger partial charge in [0.1, 0.15) is 13.2 Å². The van der Waals surface area contributed by atoms with Crippen LogP contribution in [-0.4, -0.2) is 37.2 Å². The van der Waals surface area contributed by atoms with Crippen molar-refractivity contribution in [3.63, 3.8) is 0 Å². The fourth-order valence-electron chi connectivity index (χ4n) is 9.23. The van der Waals surface area contributed by atoms with Gasteiger partial charge in [-0.1, -0.05) is 298 Å². The molecule has 0 spiro atoms. The molecule has 0 bridgehead atoms. The molecular weight excluding hydrogens is 817 g/mol. The predicted molar refractivity (Wildman–Crippen MR) is 284 cm³/mol. The number of rotatable bonds is 54. The topological polar surface area (TPSA) is 78.9 Å². The zero-order valence-electron chi connectivity index (χ0n) is 45.3. The molecule has 0 N–H and O–H groups in total. The molecule has 392 valence electrons. The van der Waals surface area contributed by atoms with Gasteiger partial charge in [-0.15, -0.1) is 0 Å². The van der Waals surface area contributed by atoms with Crippen molar-refractivity contribution >= 4 is 17.9 Å². The minimum Gasteiger partial charge on any atom is -0.462 e. The van der Waals surface area contributed by atoms with Crippen LogP contribution in [0.1, 0.15) is 336 Å². The van der Waals surface area contributed by atoms with Gasteiger partial charge in [0.15, 0.2) is 6.10 Å². The van der Waals surface area contributed by atoms with Gasteiger partial charge in [0.25, 0.3) is 0 Å². The second-order valence-electron chi connectivity index (χ2n) is 21.6. The number of hydrogen-bond donors (Lipinski definition) is 0. The van der Waals surface area contributed by atoms with Gasteiger partial charge >= 0.3 is 17.9 Å². The highest BCUT2D eigenvalue weighted by atomic mass is 16.6. The summed E-state index contributed by atoms with van der Waals surface area (Å²) < 4.78 is 16.9. The van der Waals surface area contributed by atoms with Crippen molar-refractivity contribution in [2.75, 3.05) is 13.2 Å². The molecule has 0 saturated heterocycles. The predicted octanol–water partition coefficient (Wildman–Crippen LogP) is 19.7. The van der Waals surface area contributed by atoms with E-state index < -0.39 is 6.10 Å². The van der Waals surface area contributed by atoms with Crippen molar-refractivity contribution in [1.29, 1.82) is 0 Å². The maximum Gasteiger partial charge on any atom is 0.306 e. The molecule has 0 fully saturated rings. The van der Waals surface area contributed by atoms with Crippen LogP contribution in [0, 0.1) is 11.8 Å². The van der Waals surface area contributed by atoms with Crippen molar-refractivity contribution in [3.8, 4) is 0 Å². The lowest BCUT2D eigenvalue weighted by Gasteiger charge is -2.18. The van der Waals surface area contributed by atoms with Crippen LogP contribution >= 0.6 is 0 Å². The number of carbonyl (C=O) groups is 3. The highest BCUT2D eigenvalue weighted by molar-refractivity contribution is 5.71. The Balaban J connectivity index is 4.30. The number of hydrogen-bond acceptors (Lipinski definition) is 6. The van der Waals surface area contributed by atoms with Crippen LogP contribution in [0.15, 0.2) is 0 Å². The van der Waals surface area contributed by atoms with Crippen molar-refractivity contribution < 1.29 is 28.6 Å². The normalized spacial score (nSPS) is 12.0. The number of unbranched alkanes of at least 4 members (excludes halogenated alkanes) is 39. The van der Waals surface area contributed by atoms with E-state index in [1.807, 2.05) is 0 Å². The van der Waals surface area contributed by atoms with Crippen LogP contribution < -0.4 is 0 Å². The van der Waals surface area contributed by atoms with E-state index in [4.69, 9.17) is 14.2 Å². The van der Waals surface area contributed by atoms with Crippen molar-refractivity contribution in [2.24, 2.45) is 11.8 Å². The average Bonchev–Trinajstić information content (AvgIpc) is 3.29. The van der Waals surface area contributed by atoms with E-state index >= 15 is 0 Å². The summed E-state index contributed by atoms with van der Waals surface area (Å²) in [7, 11) is 0. The summed E-state index contributed by atoms with van der Waals surface area (Å²) in [6, 6.07) is 0. The number of esters is 3. The number of ether oxygens (including phenoxy) is 3. The van der Waals surface area contributed by atoms with E-state index in [2.05, 4.69) is 34.6 Å². The lowest BCUT2D eigenvalue weighted by Crippen LogP contribution is -2.30. The molecule has 0 saturated carbocycles. The van der Waals surface area contributed by atoms with E-state index in [1.165, 1.54) is 225 Å². The van der Waals surface area contributed by atoms with Crippen LogP contribution in [0.4, 0.5) is 0 Å². The van der Waals surface area contributed by atoms with Crippen LogP contribution in [0.5, 0.6) is 0 Å². The fourth-order valence-corrected chi connectivity index (χ4v) is 9.23. The molecule has 0 aromatic rings. The largest absolute Gasteiger partial charge is 0.462 e. The Hall–Kier alpha value is -1.59. The Morgan fingerprint density at radius 3 is 0.742 bits per heavy atom. The Kier molecular flexibility index (Phi) is 51.5. The molecule has 0 aliphatic rings. The fraction of sp³-hybridized carbons (Fsp3) is 0.950. The van der Waals surface area contributed by atoms with Crippen LogP contribution in [0.3, 0.4) is 0 Å². The van der Waals surface area contributed by atoms with Gasteiger partial charge in [-0.3, -0.25) is 14.4 Å². The molecule has 0 aliphatic carbocycles. The van der Waals surface area contributed by atoms with E-state index in [0.717, 1.165) is 69.6 Å². The third kappa shape index (κ3) is 53.4. The zero-order chi connectivity index (χ0) is 48.2. The van der Waals surface area contributed by atoms with Gasteiger partial charge in [-0.2, -0.15) is 0 Å². The summed E-state index contributed by atoms with van der Waals surface area (Å²) in [4.78, 5) is 38.2. The summed E-state index contributed by atoms with van der Waals surface area (Å²) in [5, 5.41) is 0. The molecule has 66 heavy (non-hydrogen) atoms. The standard InChI is InChI=1S/C60H116O6/c1-6-7-8-9-10-11-12-13-14-15-19-25-30-35-40-45-50-58(61)64-53-57(66-60(63)52-47-42-37-32-27-22-21-24-29-34-39-44-49-56(4)5)54-65-59(62)51-46-41-36-31-26-20-17-16-18-23-28-33-38-43-48-55(2)3/h55-57H,6-54H2,1-5H3/t57-/m0/s1. The first-order valence-corrected chi connectivity index (χ1v) is 29.7. The Bertz CT molecular complexity index is 1010. The van der Waals surface area contributed by atoms with E-state index in [9.17, 15) is 14.4 Å². The smallest absolute Gasteiger partial charge is 0.306 e. The second kappa shape index (κ2) is 52.8. The van der Waals surface area contributed by atoms with Crippen molar-refractivity contribution in [2.45, 2.75) is 343 Å². The molecule has 6 heteroatoms. The summed E-state index contributed by atoms with van der Waals surface area (Å²) in [6.45, 7) is 11.4. The highest BCUT2D eigenvalue weighted by Gasteiger charge is 2.19. The Morgan fingerprint density at radius 1 is 0.288 bits per heavy atom. The molecule has 0 aromatic heterocycles. The summed E-state index contributed by atoms with van der Waals surface area (Å²) >= 11 is 0. The minimum absolute atomic E-state index is 0.0624. The monoisotopic (exact) mass is 933 g/mol. The van der Waals surface area contributed by atoms with Gasteiger partial charge in [-0.05, 0) is 31.1 Å². The summed E-state index contributed by atoms with van der Waals surface area (Å²) in [6.07, 6.45) is 56.6. The van der Waals surface area contributed by atoms with Gasteiger partial charge in [0.05, 0.1) is 0 Å². The third-order valence-electron chi connectivity index (χ3n) is 13.7. The first kappa shape index (κ1) is 64.4. The third-order valence-corrected chi connectivity index (χ3v) is 13.7. The first-order chi connectivity index (χ1) is 32.2. The van der Waals surface area contributed by atoms with E-state index in [1.54, 1.807) is 0 Å². The van der Waals surface area contributed by atoms with Crippen LogP contribution in [-0.2, 0) is 28.6 Å². The van der Waals surface area contributed by atoms with Crippen molar-refractivity contribution in [3.05, 3.63) is 0 Å². The van der Waals surface area contributed by atoms with Gasteiger partial charge in [0.2, 0.25) is 0 Å². The molecule has 0 radical (unpaired) electrons. The second-order valence-corrected chi connectivity index (χ2v) is 21.6. The molecule has 0 heterocycles. The molecular formula is C60H116O6. The molecule has 0 unspecified atom stereocenters. The Morgan fingerprint density at radius 2 is 0.500 bits per heavy atom. The molecule has 1 atom stereocenters. The number of carbonyl (C=O) groups excluding carboxylic acids is 3. The first-order valence-electron chi connectivity index (χ1n) is 29.7. The van der Waals surface area contributed by atoms with Gasteiger partial charge in [0, 0.05) is 19.3 Å².